The van der Waals surface area contributed by atoms with Crippen molar-refractivity contribution in [3.05, 3.63) is 60.3 Å². The second-order valence-electron chi connectivity index (χ2n) is 4.07. The summed E-state index contributed by atoms with van der Waals surface area (Å²) < 4.78 is 56.5. The fourth-order valence-electron chi connectivity index (χ4n) is 1.15. The van der Waals surface area contributed by atoms with E-state index in [2.05, 4.69) is 18.2 Å². The molecule has 0 aliphatic carbocycles. The third-order valence-electron chi connectivity index (χ3n) is 2.02. The maximum atomic E-state index is 13.7. The summed E-state index contributed by atoms with van der Waals surface area (Å²) in [7, 11) is 0. The van der Waals surface area contributed by atoms with E-state index in [1.54, 1.807) is 13.8 Å². The Bertz CT molecular complexity index is 518. The summed E-state index contributed by atoms with van der Waals surface area (Å²) in [4.78, 5) is 3.28. The fraction of sp³-hybridized carbons (Fsp3) is 0.267. The lowest BCUT2D eigenvalue weighted by Crippen LogP contribution is -2.12. The van der Waals surface area contributed by atoms with Crippen LogP contribution in [-0.2, 0) is 4.74 Å². The van der Waals surface area contributed by atoms with Crippen LogP contribution in [-0.4, -0.2) is 12.1 Å². The van der Waals surface area contributed by atoms with Gasteiger partial charge >= 0.3 is 6.18 Å². The lowest BCUT2D eigenvalue weighted by atomic mass is 10.3. The summed E-state index contributed by atoms with van der Waals surface area (Å²) in [5, 5.41) is 0. The molecule has 0 unspecified atom stereocenters. The van der Waals surface area contributed by atoms with E-state index >= 15 is 0 Å². The first-order valence-corrected chi connectivity index (χ1v) is 5.95. The van der Waals surface area contributed by atoms with E-state index in [1.165, 1.54) is 6.92 Å². The summed E-state index contributed by atoms with van der Waals surface area (Å²) in [6, 6.07) is 0. The molecule has 0 heterocycles. The lowest BCUT2D eigenvalue weighted by Gasteiger charge is -2.10. The summed E-state index contributed by atoms with van der Waals surface area (Å²) >= 11 is 0. The van der Waals surface area contributed by atoms with Crippen LogP contribution in [0.1, 0.15) is 20.8 Å². The first-order chi connectivity index (χ1) is 9.65. The molecular formula is C15H17F4NO. The molecule has 0 fully saturated rings. The van der Waals surface area contributed by atoms with E-state index in [1.807, 2.05) is 0 Å². The van der Waals surface area contributed by atoms with Gasteiger partial charge in [0.1, 0.15) is 5.70 Å². The molecule has 0 radical (unpaired) electrons. The van der Waals surface area contributed by atoms with Crippen molar-refractivity contribution in [2.45, 2.75) is 26.9 Å². The summed E-state index contributed by atoms with van der Waals surface area (Å²) in [6.07, 6.45) is -0.706. The van der Waals surface area contributed by atoms with Crippen molar-refractivity contribution in [3.8, 4) is 0 Å². The number of aliphatic imine (C=N–C) groups is 1. The molecule has 0 saturated carbocycles. The molecule has 0 atom stereocenters. The molecule has 21 heavy (non-hydrogen) atoms. The molecule has 0 aromatic heterocycles. The van der Waals surface area contributed by atoms with Gasteiger partial charge in [-0.2, -0.15) is 13.2 Å². The van der Waals surface area contributed by atoms with E-state index < -0.39 is 23.6 Å². The zero-order chi connectivity index (χ0) is 16.6. The van der Waals surface area contributed by atoms with Crippen LogP contribution in [0.4, 0.5) is 17.6 Å². The topological polar surface area (TPSA) is 21.6 Å². The van der Waals surface area contributed by atoms with Gasteiger partial charge in [0.15, 0.2) is 11.6 Å². The zero-order valence-electron chi connectivity index (χ0n) is 12.1. The highest BCUT2D eigenvalue weighted by Crippen LogP contribution is 2.27. The second-order valence-corrected chi connectivity index (χ2v) is 4.07. The van der Waals surface area contributed by atoms with Crippen molar-refractivity contribution in [2.75, 3.05) is 0 Å². The van der Waals surface area contributed by atoms with Crippen LogP contribution < -0.4 is 0 Å². The Morgan fingerprint density at radius 3 is 2.05 bits per heavy atom. The molecule has 0 saturated heterocycles. The highest BCUT2D eigenvalue weighted by atomic mass is 19.4. The molecular weight excluding hydrogens is 286 g/mol. The predicted molar refractivity (Wildman–Crippen MR) is 76.3 cm³/mol. The highest BCUT2D eigenvalue weighted by Gasteiger charge is 2.33. The van der Waals surface area contributed by atoms with Crippen LogP contribution in [0.15, 0.2) is 65.3 Å². The Labute approximate surface area is 121 Å². The number of nitrogens with zero attached hydrogens (tertiary/aromatic N) is 1. The number of halogens is 4. The van der Waals surface area contributed by atoms with Crippen LogP contribution in [0, 0.1) is 0 Å². The molecule has 2 nitrogen and oxygen atoms in total. The first-order valence-electron chi connectivity index (χ1n) is 5.95. The standard InChI is InChI=1S/C15H17F4NO/c1-6-12(11(16)9-10(4)5)21-14(8-3)20-13(7-2)15(17,18)19/h6-9H,1,3H2,2,4-5H3/b12-11-,13-7-,20-14?. The minimum Gasteiger partial charge on any atom is -0.436 e. The van der Waals surface area contributed by atoms with E-state index in [0.717, 1.165) is 24.3 Å². The molecule has 0 amide bonds. The normalized spacial score (nSPS) is 14.2. The minimum atomic E-state index is -4.64. The van der Waals surface area contributed by atoms with Crippen LogP contribution in [0.25, 0.3) is 0 Å². The van der Waals surface area contributed by atoms with Gasteiger partial charge in [0, 0.05) is 0 Å². The Morgan fingerprint density at radius 2 is 1.71 bits per heavy atom. The largest absolute Gasteiger partial charge is 0.436 e. The molecule has 0 N–H and O–H groups in total. The van der Waals surface area contributed by atoms with Gasteiger partial charge in [-0.05, 0) is 39.0 Å². The van der Waals surface area contributed by atoms with Crippen molar-refractivity contribution in [3.63, 3.8) is 0 Å². The van der Waals surface area contributed by atoms with Crippen LogP contribution in [0.3, 0.4) is 0 Å². The minimum absolute atomic E-state index is 0.340. The Morgan fingerprint density at radius 1 is 1.14 bits per heavy atom. The van der Waals surface area contributed by atoms with Gasteiger partial charge in [0.25, 0.3) is 0 Å². The molecule has 0 aliphatic heterocycles. The van der Waals surface area contributed by atoms with Gasteiger partial charge in [-0.15, -0.1) is 0 Å². The van der Waals surface area contributed by atoms with Crippen LogP contribution in [0.5, 0.6) is 0 Å². The van der Waals surface area contributed by atoms with Crippen molar-refractivity contribution in [1.82, 2.24) is 0 Å². The van der Waals surface area contributed by atoms with Crippen LogP contribution in [0.2, 0.25) is 0 Å². The number of rotatable bonds is 5. The molecule has 116 valence electrons. The molecule has 6 heteroatoms. The van der Waals surface area contributed by atoms with Gasteiger partial charge in [-0.3, -0.25) is 0 Å². The Hall–Kier alpha value is -2.11. The summed E-state index contributed by atoms with van der Waals surface area (Å²) in [5.41, 5.74) is -0.514. The van der Waals surface area contributed by atoms with Crippen molar-refractivity contribution >= 4 is 5.90 Å². The number of hydrogen-bond donors (Lipinski definition) is 0. The highest BCUT2D eigenvalue weighted by molar-refractivity contribution is 5.89. The second kappa shape index (κ2) is 8.24. The van der Waals surface area contributed by atoms with Gasteiger partial charge < -0.3 is 4.74 Å². The number of allylic oxidation sites excluding steroid dienone is 6. The number of ether oxygens (including phenoxy) is 1. The molecule has 0 rings (SSSR count). The molecule has 0 aromatic carbocycles. The number of hydrogen-bond acceptors (Lipinski definition) is 2. The van der Waals surface area contributed by atoms with E-state index in [4.69, 9.17) is 4.74 Å². The number of alkyl halides is 3. The quantitative estimate of drug-likeness (QED) is 0.219. The third-order valence-corrected chi connectivity index (χ3v) is 2.02. The van der Waals surface area contributed by atoms with Gasteiger partial charge in [-0.25, -0.2) is 9.38 Å². The van der Waals surface area contributed by atoms with Crippen LogP contribution >= 0.6 is 0 Å². The Kier molecular flexibility index (Phi) is 7.41. The summed E-state index contributed by atoms with van der Waals surface area (Å²) in [6.45, 7) is 11.1. The molecule has 0 aliphatic rings. The van der Waals surface area contributed by atoms with Gasteiger partial charge in [0.2, 0.25) is 5.90 Å². The molecule has 0 spiro atoms. The Balaban J connectivity index is 5.56. The average Bonchev–Trinajstić information content (AvgIpc) is 2.36. The monoisotopic (exact) mass is 303 g/mol. The first kappa shape index (κ1) is 18.9. The van der Waals surface area contributed by atoms with Gasteiger partial charge in [-0.1, -0.05) is 24.8 Å². The predicted octanol–water partition coefficient (Wildman–Crippen LogP) is 5.39. The van der Waals surface area contributed by atoms with Gasteiger partial charge in [0.05, 0.1) is 0 Å². The lowest BCUT2D eigenvalue weighted by molar-refractivity contribution is -0.0925. The smallest absolute Gasteiger partial charge is 0.433 e. The molecule has 0 aromatic rings. The van der Waals surface area contributed by atoms with E-state index in [-0.39, 0.29) is 5.76 Å². The summed E-state index contributed by atoms with van der Waals surface area (Å²) in [5.74, 6) is -1.59. The van der Waals surface area contributed by atoms with E-state index in [0.29, 0.717) is 5.57 Å². The maximum Gasteiger partial charge on any atom is 0.433 e. The maximum absolute atomic E-state index is 13.7. The SMILES string of the molecule is C=CC(=N/C(=C\C)C(F)(F)F)O/C(C=C)=C(\F)C=C(C)C. The molecule has 0 bridgehead atoms. The zero-order valence-corrected chi connectivity index (χ0v) is 12.1. The van der Waals surface area contributed by atoms with E-state index in [9.17, 15) is 17.6 Å². The fourth-order valence-corrected chi connectivity index (χ4v) is 1.15. The van der Waals surface area contributed by atoms with Crippen molar-refractivity contribution < 1.29 is 22.3 Å². The third kappa shape index (κ3) is 6.74. The average molecular weight is 303 g/mol. The van der Waals surface area contributed by atoms with Crippen molar-refractivity contribution in [1.29, 1.82) is 0 Å². The van der Waals surface area contributed by atoms with Crippen molar-refractivity contribution in [2.24, 2.45) is 4.99 Å².